The van der Waals surface area contributed by atoms with Gasteiger partial charge < -0.3 is 5.32 Å². The topological polar surface area (TPSA) is 49.4 Å². The normalized spacial score (nSPS) is 13.9. The van der Waals surface area contributed by atoms with Gasteiger partial charge in [0, 0.05) is 5.69 Å². The largest absolute Gasteiger partial charge is 0.350 e. The Morgan fingerprint density at radius 1 is 0.774 bits per heavy atom. The Kier molecular flexibility index (Phi) is 5.19. The maximum atomic E-state index is 14.5. The van der Waals surface area contributed by atoms with Crippen LogP contribution in [0.1, 0.15) is 27.8 Å². The molecule has 0 saturated carbocycles. The van der Waals surface area contributed by atoms with Crippen LogP contribution in [0.15, 0.2) is 66.4 Å². The molecule has 0 saturated heterocycles. The molecule has 0 radical (unpaired) electrons. The Bertz CT molecular complexity index is 1260. The highest BCUT2D eigenvalue weighted by molar-refractivity contribution is 6.46. The van der Waals surface area contributed by atoms with Gasteiger partial charge in [0.2, 0.25) is 0 Å². The van der Waals surface area contributed by atoms with Gasteiger partial charge in [-0.15, -0.1) is 0 Å². The fourth-order valence-corrected chi connectivity index (χ4v) is 3.75. The van der Waals surface area contributed by atoms with Crippen LogP contribution in [-0.2, 0) is 9.59 Å². The molecule has 1 N–H and O–H groups in total. The number of imide groups is 1. The van der Waals surface area contributed by atoms with Crippen LogP contribution in [-0.4, -0.2) is 11.8 Å². The number of hydrogen-bond donors (Lipinski definition) is 1. The van der Waals surface area contributed by atoms with Gasteiger partial charge in [0.15, 0.2) is 0 Å². The van der Waals surface area contributed by atoms with Crippen LogP contribution >= 0.6 is 0 Å². The summed E-state index contributed by atoms with van der Waals surface area (Å²) < 4.78 is 14.5. The van der Waals surface area contributed by atoms with E-state index in [1.54, 1.807) is 6.07 Å². The molecule has 3 aromatic carbocycles. The molecule has 0 bridgehead atoms. The molecule has 1 aliphatic rings. The Morgan fingerprint density at radius 3 is 2.19 bits per heavy atom. The van der Waals surface area contributed by atoms with Crippen molar-refractivity contribution in [2.45, 2.75) is 27.7 Å². The van der Waals surface area contributed by atoms with E-state index >= 15 is 0 Å². The van der Waals surface area contributed by atoms with E-state index in [0.717, 1.165) is 32.8 Å². The average molecular weight is 414 g/mol. The molecular formula is C26H23FN2O2. The van der Waals surface area contributed by atoms with Crippen LogP contribution in [0.4, 0.5) is 15.8 Å². The fourth-order valence-electron chi connectivity index (χ4n) is 3.75. The van der Waals surface area contributed by atoms with E-state index in [1.165, 1.54) is 18.2 Å². The third kappa shape index (κ3) is 3.63. The van der Waals surface area contributed by atoms with Crippen molar-refractivity contribution in [2.75, 3.05) is 10.2 Å². The molecule has 4 rings (SSSR count). The zero-order chi connectivity index (χ0) is 22.3. The van der Waals surface area contributed by atoms with Gasteiger partial charge in [0.05, 0.1) is 11.3 Å². The number of aryl methyl sites for hydroxylation is 4. The smallest absolute Gasteiger partial charge is 0.282 e. The summed E-state index contributed by atoms with van der Waals surface area (Å²) in [5.74, 6) is -1.76. The predicted molar refractivity (Wildman–Crippen MR) is 121 cm³/mol. The predicted octanol–water partition coefficient (Wildman–Crippen LogP) is 5.46. The van der Waals surface area contributed by atoms with Gasteiger partial charge in [0.1, 0.15) is 11.5 Å². The molecule has 0 atom stereocenters. The quantitative estimate of drug-likeness (QED) is 0.577. The first-order chi connectivity index (χ1) is 14.8. The molecule has 0 fully saturated rings. The minimum atomic E-state index is -0.628. The fraction of sp³-hybridized carbons (Fsp3) is 0.154. The molecule has 4 nitrogen and oxygen atoms in total. The second kappa shape index (κ2) is 7.84. The summed E-state index contributed by atoms with van der Waals surface area (Å²) in [7, 11) is 0. The standard InChI is InChI=1S/C26H23FN2O2/c1-15-9-12-21(18(4)13-15)28-24-23(19-11-10-16(2)17(3)14-19)25(30)29(26(24)31)22-8-6-5-7-20(22)27/h5-14,28H,1-4H3. The number of carbonyl (C=O) groups excluding carboxylic acids is 2. The van der Waals surface area contributed by atoms with E-state index in [4.69, 9.17) is 0 Å². The van der Waals surface area contributed by atoms with Crippen LogP contribution in [0.25, 0.3) is 5.57 Å². The number of anilines is 2. The number of halogens is 1. The van der Waals surface area contributed by atoms with Gasteiger partial charge in [0.25, 0.3) is 11.8 Å². The molecular weight excluding hydrogens is 391 g/mol. The molecule has 0 unspecified atom stereocenters. The average Bonchev–Trinajstić information content (AvgIpc) is 2.96. The number of amides is 2. The Morgan fingerprint density at radius 2 is 1.52 bits per heavy atom. The van der Waals surface area contributed by atoms with Crippen molar-refractivity contribution < 1.29 is 14.0 Å². The zero-order valence-electron chi connectivity index (χ0n) is 17.9. The molecule has 0 aromatic heterocycles. The van der Waals surface area contributed by atoms with Crippen LogP contribution in [0.5, 0.6) is 0 Å². The number of carbonyl (C=O) groups is 2. The maximum absolute atomic E-state index is 14.5. The highest BCUT2D eigenvalue weighted by Gasteiger charge is 2.41. The summed E-state index contributed by atoms with van der Waals surface area (Å²) in [6.45, 7) is 7.85. The van der Waals surface area contributed by atoms with Gasteiger partial charge in [-0.05, 0) is 68.1 Å². The Hall–Kier alpha value is -3.73. The van der Waals surface area contributed by atoms with Crippen molar-refractivity contribution in [3.63, 3.8) is 0 Å². The maximum Gasteiger partial charge on any atom is 0.282 e. The summed E-state index contributed by atoms with van der Waals surface area (Å²) in [5, 5.41) is 3.16. The second-order valence-corrected chi connectivity index (χ2v) is 7.89. The third-order valence-electron chi connectivity index (χ3n) is 5.61. The summed E-state index contributed by atoms with van der Waals surface area (Å²) in [5.41, 5.74) is 5.77. The van der Waals surface area contributed by atoms with Crippen molar-refractivity contribution in [3.05, 3.63) is 100.0 Å². The molecule has 2 amide bonds. The molecule has 156 valence electrons. The monoisotopic (exact) mass is 414 g/mol. The molecule has 3 aromatic rings. The van der Waals surface area contributed by atoms with Gasteiger partial charge >= 0.3 is 0 Å². The van der Waals surface area contributed by atoms with E-state index in [2.05, 4.69) is 5.32 Å². The lowest BCUT2D eigenvalue weighted by Crippen LogP contribution is -2.33. The van der Waals surface area contributed by atoms with E-state index in [0.29, 0.717) is 5.56 Å². The number of hydrogen-bond acceptors (Lipinski definition) is 3. The minimum absolute atomic E-state index is 0.0590. The Labute approximate surface area is 181 Å². The zero-order valence-corrected chi connectivity index (χ0v) is 17.9. The van der Waals surface area contributed by atoms with E-state index in [1.807, 2.05) is 64.1 Å². The SMILES string of the molecule is Cc1ccc(NC2=C(c3ccc(C)c(C)c3)C(=O)N(c3ccccc3F)C2=O)c(C)c1. The first-order valence-electron chi connectivity index (χ1n) is 10.1. The van der Waals surface area contributed by atoms with Crippen molar-refractivity contribution >= 4 is 28.8 Å². The highest BCUT2D eigenvalue weighted by Crippen LogP contribution is 2.35. The van der Waals surface area contributed by atoms with Gasteiger partial charge in [-0.2, -0.15) is 0 Å². The third-order valence-corrected chi connectivity index (χ3v) is 5.61. The van der Waals surface area contributed by atoms with E-state index < -0.39 is 17.6 Å². The lowest BCUT2D eigenvalue weighted by atomic mass is 9.99. The van der Waals surface area contributed by atoms with E-state index in [9.17, 15) is 14.0 Å². The van der Waals surface area contributed by atoms with Crippen LogP contribution in [0.2, 0.25) is 0 Å². The summed E-state index contributed by atoms with van der Waals surface area (Å²) >= 11 is 0. The molecule has 0 spiro atoms. The first-order valence-corrected chi connectivity index (χ1v) is 10.1. The van der Waals surface area contributed by atoms with Gasteiger partial charge in [-0.25, -0.2) is 9.29 Å². The molecule has 1 heterocycles. The summed E-state index contributed by atoms with van der Waals surface area (Å²) in [4.78, 5) is 27.8. The van der Waals surface area contributed by atoms with Crippen LogP contribution in [0.3, 0.4) is 0 Å². The lowest BCUT2D eigenvalue weighted by Gasteiger charge is -2.16. The van der Waals surface area contributed by atoms with Gasteiger partial charge in [-0.3, -0.25) is 9.59 Å². The molecule has 1 aliphatic heterocycles. The van der Waals surface area contributed by atoms with Crippen LogP contribution < -0.4 is 10.2 Å². The number of rotatable bonds is 4. The number of para-hydroxylation sites is 1. The number of benzene rings is 3. The van der Waals surface area contributed by atoms with Crippen molar-refractivity contribution in [3.8, 4) is 0 Å². The van der Waals surface area contributed by atoms with Crippen LogP contribution in [0, 0.1) is 33.5 Å². The molecule has 5 heteroatoms. The Balaban J connectivity index is 1.88. The van der Waals surface area contributed by atoms with Crippen molar-refractivity contribution in [1.82, 2.24) is 0 Å². The van der Waals surface area contributed by atoms with E-state index in [-0.39, 0.29) is 17.0 Å². The van der Waals surface area contributed by atoms with Gasteiger partial charge in [-0.1, -0.05) is 48.0 Å². The summed E-state index contributed by atoms with van der Waals surface area (Å²) in [6.07, 6.45) is 0. The number of nitrogens with one attached hydrogen (secondary N) is 1. The highest BCUT2D eigenvalue weighted by atomic mass is 19.1. The number of nitrogens with zero attached hydrogens (tertiary/aromatic N) is 1. The summed E-state index contributed by atoms with van der Waals surface area (Å²) in [6, 6.07) is 17.2. The molecule has 31 heavy (non-hydrogen) atoms. The van der Waals surface area contributed by atoms with Crippen molar-refractivity contribution in [1.29, 1.82) is 0 Å². The minimum Gasteiger partial charge on any atom is -0.350 e. The first kappa shape index (κ1) is 20.5. The molecule has 0 aliphatic carbocycles. The lowest BCUT2D eigenvalue weighted by molar-refractivity contribution is -0.120. The van der Waals surface area contributed by atoms with Crippen molar-refractivity contribution in [2.24, 2.45) is 0 Å². The second-order valence-electron chi connectivity index (χ2n) is 7.89.